The molecule has 1 aromatic heterocycles. The van der Waals surface area contributed by atoms with Gasteiger partial charge in [0.25, 0.3) is 5.56 Å². The molecule has 17 heavy (non-hydrogen) atoms. The largest absolute Gasteiger partial charge is 0.392 e. The van der Waals surface area contributed by atoms with Crippen LogP contribution < -0.4 is 5.56 Å². The summed E-state index contributed by atoms with van der Waals surface area (Å²) in [5.41, 5.74) is 0.719. The Morgan fingerprint density at radius 1 is 1.35 bits per heavy atom. The van der Waals surface area contributed by atoms with E-state index in [-0.39, 0.29) is 12.2 Å². The number of hydrogen-bond acceptors (Lipinski definition) is 4. The van der Waals surface area contributed by atoms with Crippen LogP contribution >= 0.6 is 11.8 Å². The fraction of sp³-hybridized carbons (Fsp3) is 0.167. The van der Waals surface area contributed by atoms with Crippen LogP contribution in [-0.4, -0.2) is 15.1 Å². The minimum Gasteiger partial charge on any atom is -0.392 e. The molecule has 0 saturated carbocycles. The molecule has 0 aliphatic heterocycles. The van der Waals surface area contributed by atoms with E-state index in [2.05, 4.69) is 9.97 Å². The Hall–Kier alpha value is -1.59. The number of H-pyrrole nitrogens is 1. The normalized spacial score (nSPS) is 10.5. The van der Waals surface area contributed by atoms with Crippen LogP contribution in [0.5, 0.6) is 0 Å². The predicted molar refractivity (Wildman–Crippen MR) is 66.1 cm³/mol. The average molecular weight is 248 g/mol. The number of aromatic nitrogens is 2. The Bertz CT molecular complexity index is 563. The molecular weight excluding hydrogens is 236 g/mol. The number of aryl methyl sites for hydroxylation is 1. The van der Waals surface area contributed by atoms with Gasteiger partial charge in [-0.2, -0.15) is 0 Å². The summed E-state index contributed by atoms with van der Waals surface area (Å²) in [6.45, 7) is 1.79. The molecule has 1 aromatic carbocycles. The second kappa shape index (κ2) is 5.16. The summed E-state index contributed by atoms with van der Waals surface area (Å²) in [7, 11) is 0. The van der Waals surface area contributed by atoms with Crippen molar-refractivity contribution in [2.75, 3.05) is 0 Å². The quantitative estimate of drug-likeness (QED) is 0.812. The number of rotatable bonds is 3. The number of nitrogens with one attached hydrogen (secondary N) is 1. The number of nitrogens with zero attached hydrogens (tertiary/aromatic N) is 1. The Labute approximate surface area is 103 Å². The molecule has 2 N–H and O–H groups in total. The van der Waals surface area contributed by atoms with Gasteiger partial charge in [0.05, 0.1) is 6.61 Å². The fourth-order valence-corrected chi connectivity index (χ4v) is 2.25. The van der Waals surface area contributed by atoms with E-state index >= 15 is 0 Å². The Balaban J connectivity index is 2.22. The lowest BCUT2D eigenvalue weighted by Crippen LogP contribution is -2.07. The Kier molecular flexibility index (Phi) is 3.61. The van der Waals surface area contributed by atoms with Gasteiger partial charge in [0.2, 0.25) is 0 Å². The number of aliphatic hydroxyl groups is 1. The van der Waals surface area contributed by atoms with Crippen molar-refractivity contribution in [2.24, 2.45) is 0 Å². The Morgan fingerprint density at radius 3 is 2.65 bits per heavy atom. The molecule has 4 nitrogen and oxygen atoms in total. The summed E-state index contributed by atoms with van der Waals surface area (Å²) in [6, 6.07) is 8.96. The predicted octanol–water partition coefficient (Wildman–Crippen LogP) is 1.72. The highest BCUT2D eigenvalue weighted by molar-refractivity contribution is 7.99. The van der Waals surface area contributed by atoms with E-state index in [1.165, 1.54) is 17.8 Å². The number of aromatic amines is 1. The molecule has 0 bridgehead atoms. The van der Waals surface area contributed by atoms with Crippen LogP contribution in [0, 0.1) is 6.92 Å². The minimum absolute atomic E-state index is 0.0350. The first-order chi connectivity index (χ1) is 8.17. The molecule has 0 saturated heterocycles. The van der Waals surface area contributed by atoms with Crippen LogP contribution in [0.4, 0.5) is 0 Å². The number of hydrogen-bond donors (Lipinski definition) is 2. The van der Waals surface area contributed by atoms with E-state index < -0.39 is 0 Å². The summed E-state index contributed by atoms with van der Waals surface area (Å²) >= 11 is 1.42. The summed E-state index contributed by atoms with van der Waals surface area (Å²) in [5, 5.41) is 9.60. The molecule has 2 rings (SSSR count). The van der Waals surface area contributed by atoms with Crippen LogP contribution in [0.15, 0.2) is 45.0 Å². The zero-order chi connectivity index (χ0) is 12.3. The van der Waals surface area contributed by atoms with E-state index in [1.807, 2.05) is 24.3 Å². The highest BCUT2D eigenvalue weighted by atomic mass is 32.2. The van der Waals surface area contributed by atoms with Crippen molar-refractivity contribution in [2.45, 2.75) is 23.5 Å². The van der Waals surface area contributed by atoms with Gasteiger partial charge in [0, 0.05) is 11.0 Å². The molecule has 88 valence electrons. The third kappa shape index (κ3) is 3.18. The monoisotopic (exact) mass is 248 g/mol. The molecule has 0 unspecified atom stereocenters. The second-order valence-corrected chi connectivity index (χ2v) is 4.67. The zero-order valence-corrected chi connectivity index (χ0v) is 10.1. The molecule has 0 fully saturated rings. The zero-order valence-electron chi connectivity index (χ0n) is 9.30. The minimum atomic E-state index is -0.146. The van der Waals surface area contributed by atoms with Gasteiger partial charge in [-0.05, 0) is 24.6 Å². The van der Waals surface area contributed by atoms with Crippen molar-refractivity contribution in [1.82, 2.24) is 9.97 Å². The smallest absolute Gasteiger partial charge is 0.251 e. The molecule has 0 spiro atoms. The van der Waals surface area contributed by atoms with Crippen molar-refractivity contribution in [3.05, 3.63) is 52.1 Å². The molecule has 1 heterocycles. The van der Waals surface area contributed by atoms with Gasteiger partial charge in [0.1, 0.15) is 10.9 Å². The SMILES string of the molecule is Cc1nc(Sc2ccc(CO)cc2)cc(=O)[nH]1. The summed E-state index contributed by atoms with van der Waals surface area (Å²) in [4.78, 5) is 19.1. The lowest BCUT2D eigenvalue weighted by Gasteiger charge is -2.02. The molecule has 2 aromatic rings. The van der Waals surface area contributed by atoms with Gasteiger partial charge in [0.15, 0.2) is 0 Å². The third-order valence-electron chi connectivity index (χ3n) is 2.16. The number of aliphatic hydroxyl groups excluding tert-OH is 1. The highest BCUT2D eigenvalue weighted by Gasteiger charge is 2.01. The van der Waals surface area contributed by atoms with Crippen LogP contribution in [0.2, 0.25) is 0 Å². The van der Waals surface area contributed by atoms with Crippen LogP contribution in [0.1, 0.15) is 11.4 Å². The average Bonchev–Trinajstić information content (AvgIpc) is 2.28. The summed E-state index contributed by atoms with van der Waals surface area (Å²) < 4.78 is 0. The standard InChI is InChI=1S/C12H12N2O2S/c1-8-13-11(16)6-12(14-8)17-10-4-2-9(7-15)3-5-10/h2-6,15H,7H2,1H3,(H,13,14,16). The first-order valence-corrected chi connectivity index (χ1v) is 5.94. The number of benzene rings is 1. The van der Waals surface area contributed by atoms with E-state index in [0.29, 0.717) is 10.9 Å². The maximum absolute atomic E-state index is 11.3. The van der Waals surface area contributed by atoms with Crippen LogP contribution in [0.25, 0.3) is 0 Å². The highest BCUT2D eigenvalue weighted by Crippen LogP contribution is 2.25. The summed E-state index contributed by atoms with van der Waals surface area (Å²) in [5.74, 6) is 0.604. The van der Waals surface area contributed by atoms with Gasteiger partial charge in [-0.3, -0.25) is 4.79 Å². The maximum atomic E-state index is 11.3. The molecule has 0 amide bonds. The van der Waals surface area contributed by atoms with Crippen molar-refractivity contribution >= 4 is 11.8 Å². The van der Waals surface area contributed by atoms with E-state index in [1.54, 1.807) is 6.92 Å². The first kappa shape index (κ1) is 11.9. The molecule has 0 aliphatic carbocycles. The van der Waals surface area contributed by atoms with Crippen molar-refractivity contribution in [3.63, 3.8) is 0 Å². The van der Waals surface area contributed by atoms with Gasteiger partial charge < -0.3 is 10.1 Å². The van der Waals surface area contributed by atoms with E-state index in [9.17, 15) is 4.79 Å². The molecule has 5 heteroatoms. The van der Waals surface area contributed by atoms with Gasteiger partial charge >= 0.3 is 0 Å². The van der Waals surface area contributed by atoms with Crippen LogP contribution in [0.3, 0.4) is 0 Å². The lowest BCUT2D eigenvalue weighted by molar-refractivity contribution is 0.282. The fourth-order valence-electron chi connectivity index (χ4n) is 1.39. The van der Waals surface area contributed by atoms with E-state index in [4.69, 9.17) is 5.11 Å². The van der Waals surface area contributed by atoms with Crippen LogP contribution in [-0.2, 0) is 6.61 Å². The topological polar surface area (TPSA) is 66.0 Å². The van der Waals surface area contributed by atoms with Crippen molar-refractivity contribution in [3.8, 4) is 0 Å². The van der Waals surface area contributed by atoms with Crippen molar-refractivity contribution in [1.29, 1.82) is 0 Å². The summed E-state index contributed by atoms with van der Waals surface area (Å²) in [6.07, 6.45) is 0. The lowest BCUT2D eigenvalue weighted by atomic mass is 10.2. The second-order valence-electron chi connectivity index (χ2n) is 3.57. The van der Waals surface area contributed by atoms with Gasteiger partial charge in [-0.25, -0.2) is 4.98 Å². The third-order valence-corrected chi connectivity index (χ3v) is 3.09. The maximum Gasteiger partial charge on any atom is 0.251 e. The molecule has 0 atom stereocenters. The molecule has 0 radical (unpaired) electrons. The van der Waals surface area contributed by atoms with E-state index in [0.717, 1.165) is 10.5 Å². The Morgan fingerprint density at radius 2 is 2.06 bits per heavy atom. The van der Waals surface area contributed by atoms with Crippen molar-refractivity contribution < 1.29 is 5.11 Å². The molecule has 0 aliphatic rings. The van der Waals surface area contributed by atoms with Gasteiger partial charge in [-0.15, -0.1) is 0 Å². The molecular formula is C12H12N2O2S. The van der Waals surface area contributed by atoms with Gasteiger partial charge in [-0.1, -0.05) is 23.9 Å². The first-order valence-electron chi connectivity index (χ1n) is 5.13.